The van der Waals surface area contributed by atoms with Crippen molar-refractivity contribution in [1.29, 1.82) is 0 Å². The molecule has 31 heavy (non-hydrogen) atoms. The van der Waals surface area contributed by atoms with Gasteiger partial charge in [0, 0.05) is 43.7 Å². The molecule has 0 amide bonds. The summed E-state index contributed by atoms with van der Waals surface area (Å²) in [7, 11) is -3.20. The second kappa shape index (κ2) is 9.34. The van der Waals surface area contributed by atoms with Crippen molar-refractivity contribution >= 4 is 26.6 Å². The average Bonchev–Trinajstić information content (AvgIpc) is 2.82. The second-order valence-electron chi connectivity index (χ2n) is 7.90. The van der Waals surface area contributed by atoms with Crippen LogP contribution in [0.4, 0.5) is 5.82 Å². The predicted molar refractivity (Wildman–Crippen MR) is 128 cm³/mol. The van der Waals surface area contributed by atoms with Crippen LogP contribution in [0.5, 0.6) is 0 Å². The van der Waals surface area contributed by atoms with Crippen molar-refractivity contribution in [2.75, 3.05) is 43.4 Å². The number of hydrogen-bond acceptors (Lipinski definition) is 5. The molecule has 1 aliphatic rings. The fourth-order valence-electron chi connectivity index (χ4n) is 3.93. The number of benzene rings is 2. The number of fused-ring (bicyclic) bond motifs is 1. The van der Waals surface area contributed by atoms with Gasteiger partial charge < -0.3 is 9.80 Å². The number of hydrogen-bond donors (Lipinski definition) is 1. The summed E-state index contributed by atoms with van der Waals surface area (Å²) in [6, 6.07) is 18.5. The van der Waals surface area contributed by atoms with Crippen LogP contribution in [-0.4, -0.2) is 56.8 Å². The lowest BCUT2D eigenvalue weighted by Crippen LogP contribution is -2.46. The van der Waals surface area contributed by atoms with Crippen LogP contribution in [0, 0.1) is 0 Å². The highest BCUT2D eigenvalue weighted by Gasteiger charge is 2.19. The maximum absolute atomic E-state index is 11.7. The molecular weight excluding hydrogens is 408 g/mol. The van der Waals surface area contributed by atoms with E-state index in [4.69, 9.17) is 4.98 Å². The van der Waals surface area contributed by atoms with Gasteiger partial charge in [-0.2, -0.15) is 0 Å². The van der Waals surface area contributed by atoms with Gasteiger partial charge in [-0.25, -0.2) is 18.1 Å². The van der Waals surface area contributed by atoms with Crippen LogP contribution in [0.2, 0.25) is 0 Å². The molecule has 164 valence electrons. The van der Waals surface area contributed by atoms with Crippen LogP contribution in [0.1, 0.15) is 19.4 Å². The first kappa shape index (κ1) is 21.7. The Labute approximate surface area is 184 Å². The smallest absolute Gasteiger partial charge is 0.211 e. The summed E-state index contributed by atoms with van der Waals surface area (Å²) < 4.78 is 26.0. The standard InChI is InChI=1S/C24H30N4O2S/c1-3-27-13-15-28(16-14-27)24-22-8-6-5-7-21(22)17-23(26-24)20-11-9-19(10-12-20)18-25-31(29,30)4-2/h5-12,17,25H,3-4,13-16,18H2,1-2H3. The maximum Gasteiger partial charge on any atom is 0.211 e. The normalized spacial score (nSPS) is 15.5. The lowest BCUT2D eigenvalue weighted by molar-refractivity contribution is 0.271. The van der Waals surface area contributed by atoms with E-state index in [0.717, 1.165) is 55.4 Å². The summed E-state index contributed by atoms with van der Waals surface area (Å²) in [6.07, 6.45) is 0. The first-order valence-electron chi connectivity index (χ1n) is 10.9. The highest BCUT2D eigenvalue weighted by Crippen LogP contribution is 2.30. The number of sulfonamides is 1. The van der Waals surface area contributed by atoms with Crippen LogP contribution in [0.3, 0.4) is 0 Å². The van der Waals surface area contributed by atoms with Gasteiger partial charge in [-0.3, -0.25) is 0 Å². The number of likely N-dealkylation sites (N-methyl/N-ethyl adjacent to an activating group) is 1. The number of rotatable bonds is 7. The SMILES string of the molecule is CCN1CCN(c2nc(-c3ccc(CNS(=O)(=O)CC)cc3)cc3ccccc23)CC1. The van der Waals surface area contributed by atoms with Gasteiger partial charge >= 0.3 is 0 Å². The second-order valence-corrected chi connectivity index (χ2v) is 9.99. The topological polar surface area (TPSA) is 65.5 Å². The van der Waals surface area contributed by atoms with Gasteiger partial charge in [0.25, 0.3) is 0 Å². The van der Waals surface area contributed by atoms with Gasteiger partial charge in [-0.05, 0) is 30.5 Å². The van der Waals surface area contributed by atoms with Crippen LogP contribution < -0.4 is 9.62 Å². The quantitative estimate of drug-likeness (QED) is 0.612. The minimum absolute atomic E-state index is 0.0847. The zero-order chi connectivity index (χ0) is 21.8. The van der Waals surface area contributed by atoms with E-state index in [1.807, 2.05) is 24.3 Å². The van der Waals surface area contributed by atoms with E-state index < -0.39 is 10.0 Å². The van der Waals surface area contributed by atoms with Crippen molar-refractivity contribution in [3.05, 3.63) is 60.2 Å². The number of aromatic nitrogens is 1. The molecule has 0 saturated carbocycles. The third-order valence-electron chi connectivity index (χ3n) is 5.97. The molecular formula is C24H30N4O2S. The number of nitrogens with zero attached hydrogens (tertiary/aromatic N) is 3. The van der Waals surface area contributed by atoms with Crippen molar-refractivity contribution < 1.29 is 8.42 Å². The molecule has 1 fully saturated rings. The lowest BCUT2D eigenvalue weighted by Gasteiger charge is -2.35. The van der Waals surface area contributed by atoms with Crippen molar-refractivity contribution in [2.45, 2.75) is 20.4 Å². The molecule has 0 atom stereocenters. The molecule has 0 unspecified atom stereocenters. The molecule has 2 aromatic carbocycles. The monoisotopic (exact) mass is 438 g/mol. The summed E-state index contributed by atoms with van der Waals surface area (Å²) in [5, 5.41) is 2.36. The number of piperazine rings is 1. The van der Waals surface area contributed by atoms with Gasteiger partial charge in [0.15, 0.2) is 0 Å². The molecule has 7 heteroatoms. The van der Waals surface area contributed by atoms with Gasteiger partial charge in [0.05, 0.1) is 11.4 Å². The molecule has 1 aliphatic heterocycles. The Morgan fingerprint density at radius 3 is 2.35 bits per heavy atom. The lowest BCUT2D eigenvalue weighted by atomic mass is 10.0. The summed E-state index contributed by atoms with van der Waals surface area (Å²) in [4.78, 5) is 9.93. The zero-order valence-corrected chi connectivity index (χ0v) is 19.0. The van der Waals surface area contributed by atoms with Crippen molar-refractivity contribution in [2.24, 2.45) is 0 Å². The van der Waals surface area contributed by atoms with E-state index in [0.29, 0.717) is 6.54 Å². The minimum atomic E-state index is -3.20. The summed E-state index contributed by atoms with van der Waals surface area (Å²) in [5.74, 6) is 1.13. The molecule has 6 nitrogen and oxygen atoms in total. The van der Waals surface area contributed by atoms with Crippen LogP contribution >= 0.6 is 0 Å². The highest BCUT2D eigenvalue weighted by molar-refractivity contribution is 7.89. The molecule has 0 bridgehead atoms. The Morgan fingerprint density at radius 1 is 0.968 bits per heavy atom. The van der Waals surface area contributed by atoms with E-state index in [1.54, 1.807) is 6.92 Å². The Hall–Kier alpha value is -2.48. The Morgan fingerprint density at radius 2 is 1.68 bits per heavy atom. The van der Waals surface area contributed by atoms with E-state index in [1.165, 1.54) is 10.8 Å². The molecule has 0 spiro atoms. The first-order valence-corrected chi connectivity index (χ1v) is 12.6. The fraction of sp³-hybridized carbons (Fsp3) is 0.375. The molecule has 1 saturated heterocycles. The van der Waals surface area contributed by atoms with Gasteiger partial charge in [-0.15, -0.1) is 0 Å². The highest BCUT2D eigenvalue weighted by atomic mass is 32.2. The molecule has 1 aromatic heterocycles. The molecule has 1 N–H and O–H groups in total. The van der Waals surface area contributed by atoms with Gasteiger partial charge in [0.2, 0.25) is 10.0 Å². The first-order chi connectivity index (χ1) is 15.0. The Bertz CT molecular complexity index is 1140. The third kappa shape index (κ3) is 5.06. The number of nitrogens with one attached hydrogen (secondary N) is 1. The summed E-state index contributed by atoms with van der Waals surface area (Å²) in [6.45, 7) is 9.29. The third-order valence-corrected chi connectivity index (χ3v) is 7.31. The van der Waals surface area contributed by atoms with E-state index in [9.17, 15) is 8.42 Å². The summed E-state index contributed by atoms with van der Waals surface area (Å²) in [5.41, 5.74) is 2.89. The van der Waals surface area contributed by atoms with E-state index in [2.05, 4.69) is 51.8 Å². The zero-order valence-electron chi connectivity index (χ0n) is 18.2. The van der Waals surface area contributed by atoms with Crippen molar-refractivity contribution in [1.82, 2.24) is 14.6 Å². The summed E-state index contributed by atoms with van der Waals surface area (Å²) >= 11 is 0. The van der Waals surface area contributed by atoms with Gasteiger partial charge in [0.1, 0.15) is 5.82 Å². The molecule has 4 rings (SSSR count). The van der Waals surface area contributed by atoms with Gasteiger partial charge in [-0.1, -0.05) is 55.5 Å². The van der Waals surface area contributed by atoms with Crippen LogP contribution in [0.25, 0.3) is 22.0 Å². The van der Waals surface area contributed by atoms with E-state index in [-0.39, 0.29) is 5.75 Å². The van der Waals surface area contributed by atoms with E-state index >= 15 is 0 Å². The molecule has 0 radical (unpaired) electrons. The van der Waals surface area contributed by atoms with Crippen LogP contribution in [-0.2, 0) is 16.6 Å². The minimum Gasteiger partial charge on any atom is -0.354 e. The average molecular weight is 439 g/mol. The maximum atomic E-state index is 11.7. The Kier molecular flexibility index (Phi) is 6.55. The fourth-order valence-corrected chi connectivity index (χ4v) is 4.52. The molecule has 2 heterocycles. The molecule has 3 aromatic rings. The Balaban J connectivity index is 1.62. The largest absolute Gasteiger partial charge is 0.354 e. The predicted octanol–water partition coefficient (Wildman–Crippen LogP) is 3.48. The van der Waals surface area contributed by atoms with Crippen LogP contribution in [0.15, 0.2) is 54.6 Å². The van der Waals surface area contributed by atoms with Crippen molar-refractivity contribution in [3.8, 4) is 11.3 Å². The number of anilines is 1. The molecule has 0 aliphatic carbocycles. The van der Waals surface area contributed by atoms with Crippen molar-refractivity contribution in [3.63, 3.8) is 0 Å². The number of pyridine rings is 1.